The fourth-order valence-corrected chi connectivity index (χ4v) is 8.35. The molecular formula is C31H35N5O4. The number of benzene rings is 2. The van der Waals surface area contributed by atoms with Crippen LogP contribution in [0.25, 0.3) is 11.0 Å². The first kappa shape index (κ1) is 25.3. The number of imide groups is 1. The number of hydrogen-bond acceptors (Lipinski definition) is 5. The molecule has 2 aromatic carbocycles. The van der Waals surface area contributed by atoms with Crippen LogP contribution in [0.2, 0.25) is 0 Å². The van der Waals surface area contributed by atoms with E-state index < -0.39 is 11.9 Å². The van der Waals surface area contributed by atoms with Gasteiger partial charge < -0.3 is 10.6 Å². The van der Waals surface area contributed by atoms with Crippen LogP contribution in [-0.4, -0.2) is 32.4 Å². The molecule has 1 unspecified atom stereocenters. The number of nitrogens with zero attached hydrogens (tertiary/aromatic N) is 2. The first-order valence-electron chi connectivity index (χ1n) is 14.5. The number of aromatic nitrogens is 2. The number of amides is 3. The number of aryl methyl sites for hydroxylation is 1. The summed E-state index contributed by atoms with van der Waals surface area (Å²) in [5, 5.41) is 9.20. The van der Waals surface area contributed by atoms with Crippen molar-refractivity contribution in [2.75, 3.05) is 5.32 Å². The summed E-state index contributed by atoms with van der Waals surface area (Å²) in [6, 6.07) is 12.2. The number of imidazole rings is 1. The number of hydrogen-bond donors (Lipinski definition) is 3. The van der Waals surface area contributed by atoms with Crippen LogP contribution >= 0.6 is 0 Å². The van der Waals surface area contributed by atoms with Crippen LogP contribution in [-0.2, 0) is 23.2 Å². The van der Waals surface area contributed by atoms with Crippen LogP contribution in [0.15, 0.2) is 47.3 Å². The van der Waals surface area contributed by atoms with Crippen molar-refractivity contribution in [2.24, 2.45) is 24.8 Å². The monoisotopic (exact) mass is 541 g/mol. The molecule has 5 aliphatic rings. The summed E-state index contributed by atoms with van der Waals surface area (Å²) in [5.41, 5.74) is 3.17. The number of rotatable bonds is 6. The number of fused-ring (bicyclic) bond motifs is 1. The number of nitrogens with one attached hydrogen (secondary N) is 3. The molecule has 3 aromatic rings. The minimum atomic E-state index is -0.778. The summed E-state index contributed by atoms with van der Waals surface area (Å²) in [6.07, 6.45) is 8.61. The molecular weight excluding hydrogens is 506 g/mol. The Labute approximate surface area is 232 Å². The van der Waals surface area contributed by atoms with Gasteiger partial charge in [-0.25, -0.2) is 4.79 Å². The largest absolute Gasteiger partial charge is 0.329 e. The predicted molar refractivity (Wildman–Crippen MR) is 151 cm³/mol. The topological polar surface area (TPSA) is 114 Å². The maximum absolute atomic E-state index is 13.2. The molecule has 3 amide bonds. The lowest BCUT2D eigenvalue weighted by atomic mass is 9.53. The highest BCUT2D eigenvalue weighted by Gasteiger charge is 2.50. The Morgan fingerprint density at radius 3 is 2.30 bits per heavy atom. The van der Waals surface area contributed by atoms with Crippen LogP contribution in [0.1, 0.15) is 73.3 Å². The molecule has 9 nitrogen and oxygen atoms in total. The average molecular weight is 542 g/mol. The summed E-state index contributed by atoms with van der Waals surface area (Å²) in [7, 11) is 1.62. The van der Waals surface area contributed by atoms with E-state index in [1.165, 1.54) is 47.7 Å². The second-order valence-corrected chi connectivity index (χ2v) is 12.6. The Bertz CT molecular complexity index is 1550. The molecule has 1 saturated heterocycles. The molecule has 8 rings (SSSR count). The number of carbonyl (C=O) groups is 3. The molecule has 40 heavy (non-hydrogen) atoms. The quantitative estimate of drug-likeness (QED) is 0.413. The zero-order chi connectivity index (χ0) is 27.6. The van der Waals surface area contributed by atoms with Crippen molar-refractivity contribution in [3.8, 4) is 0 Å². The Hall–Kier alpha value is -3.72. The third kappa shape index (κ3) is 4.27. The molecule has 0 radical (unpaired) electrons. The lowest BCUT2D eigenvalue weighted by molar-refractivity contribution is -0.135. The first-order valence-corrected chi connectivity index (χ1v) is 14.5. The molecule has 4 bridgehead atoms. The second kappa shape index (κ2) is 9.44. The van der Waals surface area contributed by atoms with Crippen molar-refractivity contribution in [2.45, 2.75) is 69.5 Å². The molecule has 2 heterocycles. The summed E-state index contributed by atoms with van der Waals surface area (Å²) >= 11 is 0. The van der Waals surface area contributed by atoms with Crippen molar-refractivity contribution in [1.82, 2.24) is 19.8 Å². The van der Waals surface area contributed by atoms with Gasteiger partial charge in [-0.15, -0.1) is 0 Å². The van der Waals surface area contributed by atoms with E-state index in [4.69, 9.17) is 0 Å². The SMILES string of the molecule is Cn1c(=O)n(C2CCC(=O)NC2=O)c2cccc(NC(=O)c3ccc(CNC45CC6CC(CC(C6)C4)C5)cc3)c21. The van der Waals surface area contributed by atoms with Crippen molar-refractivity contribution < 1.29 is 14.4 Å². The molecule has 1 atom stereocenters. The summed E-state index contributed by atoms with van der Waals surface area (Å²) in [6.45, 7) is 0.809. The Morgan fingerprint density at radius 2 is 1.65 bits per heavy atom. The van der Waals surface area contributed by atoms with Crippen LogP contribution < -0.4 is 21.6 Å². The fourth-order valence-electron chi connectivity index (χ4n) is 8.35. The van der Waals surface area contributed by atoms with E-state index in [1.807, 2.05) is 24.3 Å². The molecule has 1 aliphatic heterocycles. The van der Waals surface area contributed by atoms with Crippen molar-refractivity contribution >= 4 is 34.4 Å². The van der Waals surface area contributed by atoms with Crippen LogP contribution in [0.5, 0.6) is 0 Å². The van der Waals surface area contributed by atoms with Gasteiger partial charge in [0.25, 0.3) is 5.91 Å². The smallest absolute Gasteiger partial charge is 0.320 e. The highest BCUT2D eigenvalue weighted by molar-refractivity contribution is 6.08. The molecule has 5 fully saturated rings. The molecule has 4 aliphatic carbocycles. The third-order valence-corrected chi connectivity index (χ3v) is 9.79. The van der Waals surface area contributed by atoms with Crippen LogP contribution in [0, 0.1) is 17.8 Å². The number of carbonyl (C=O) groups excluding carboxylic acids is 3. The van der Waals surface area contributed by atoms with E-state index in [0.29, 0.717) is 27.8 Å². The van der Waals surface area contributed by atoms with Crippen molar-refractivity contribution in [3.63, 3.8) is 0 Å². The van der Waals surface area contributed by atoms with Crippen molar-refractivity contribution in [3.05, 3.63) is 64.1 Å². The van der Waals surface area contributed by atoms with E-state index >= 15 is 0 Å². The van der Waals surface area contributed by atoms with Gasteiger partial charge in [0.15, 0.2) is 0 Å². The zero-order valence-electron chi connectivity index (χ0n) is 22.7. The first-order chi connectivity index (χ1) is 19.3. The standard InChI is InChI=1S/C31H35N5O4/c1-35-27-23(3-2-4-24(27)36(30(35)40)25-9-10-26(37)34-29(25)39)33-28(38)22-7-5-18(6-8-22)17-32-31-14-19-11-20(15-31)13-21(12-19)16-31/h2-8,19-21,25,32H,9-17H2,1H3,(H,33,38)(H,34,37,39). The predicted octanol–water partition coefficient (Wildman–Crippen LogP) is 3.63. The number of piperidine rings is 1. The lowest BCUT2D eigenvalue weighted by Crippen LogP contribution is -2.58. The fraction of sp³-hybridized carbons (Fsp3) is 0.484. The van der Waals surface area contributed by atoms with Gasteiger partial charge in [0.05, 0.1) is 16.7 Å². The van der Waals surface area contributed by atoms with E-state index in [-0.39, 0.29) is 30.3 Å². The van der Waals surface area contributed by atoms with Gasteiger partial charge in [-0.05, 0) is 92.5 Å². The minimum Gasteiger partial charge on any atom is -0.320 e. The molecule has 0 spiro atoms. The van der Waals surface area contributed by atoms with Gasteiger partial charge in [-0.2, -0.15) is 0 Å². The Morgan fingerprint density at radius 1 is 0.975 bits per heavy atom. The van der Waals surface area contributed by atoms with E-state index in [9.17, 15) is 19.2 Å². The van der Waals surface area contributed by atoms with Crippen LogP contribution in [0.4, 0.5) is 5.69 Å². The van der Waals surface area contributed by atoms with Gasteiger partial charge in [0.2, 0.25) is 11.8 Å². The number of para-hydroxylation sites is 1. The lowest BCUT2D eigenvalue weighted by Gasteiger charge is -2.57. The normalized spacial score (nSPS) is 29.1. The summed E-state index contributed by atoms with van der Waals surface area (Å²) in [5.74, 6) is 1.60. The van der Waals surface area contributed by atoms with Gasteiger partial charge >= 0.3 is 5.69 Å². The van der Waals surface area contributed by atoms with Gasteiger partial charge in [0.1, 0.15) is 6.04 Å². The molecule has 3 N–H and O–H groups in total. The Balaban J connectivity index is 1.07. The van der Waals surface area contributed by atoms with E-state index in [1.54, 1.807) is 25.2 Å². The molecule has 4 saturated carbocycles. The molecule has 208 valence electrons. The van der Waals surface area contributed by atoms with E-state index in [0.717, 1.165) is 29.9 Å². The van der Waals surface area contributed by atoms with Gasteiger partial charge in [-0.1, -0.05) is 18.2 Å². The zero-order valence-corrected chi connectivity index (χ0v) is 22.7. The maximum Gasteiger partial charge on any atom is 0.329 e. The van der Waals surface area contributed by atoms with Crippen LogP contribution in [0.3, 0.4) is 0 Å². The van der Waals surface area contributed by atoms with E-state index in [2.05, 4.69) is 16.0 Å². The average Bonchev–Trinajstić information content (AvgIpc) is 3.17. The second-order valence-electron chi connectivity index (χ2n) is 12.6. The molecule has 9 heteroatoms. The summed E-state index contributed by atoms with van der Waals surface area (Å²) in [4.78, 5) is 50.5. The maximum atomic E-state index is 13.2. The minimum absolute atomic E-state index is 0.170. The van der Waals surface area contributed by atoms with Gasteiger partial charge in [-0.3, -0.25) is 28.8 Å². The Kier molecular flexibility index (Phi) is 5.96. The summed E-state index contributed by atoms with van der Waals surface area (Å²) < 4.78 is 2.85. The van der Waals surface area contributed by atoms with Crippen molar-refractivity contribution in [1.29, 1.82) is 0 Å². The highest BCUT2D eigenvalue weighted by Crippen LogP contribution is 2.55. The third-order valence-electron chi connectivity index (χ3n) is 9.79. The van der Waals surface area contributed by atoms with Gasteiger partial charge in [0, 0.05) is 31.1 Å². The number of anilines is 1. The molecule has 1 aromatic heterocycles. The highest BCUT2D eigenvalue weighted by atomic mass is 16.2.